The van der Waals surface area contributed by atoms with Gasteiger partial charge >= 0.3 is 0 Å². The van der Waals surface area contributed by atoms with Crippen LogP contribution in [0.25, 0.3) is 0 Å². The predicted octanol–water partition coefficient (Wildman–Crippen LogP) is 1.67. The number of Topliss-reactive ketones (excluding diaryl/α,β-unsaturated/α-hetero) is 1. The molecule has 2 heteroatoms. The van der Waals surface area contributed by atoms with Crippen LogP contribution in [-0.4, -0.2) is 10.9 Å². The molecule has 0 unspecified atom stereocenters. The van der Waals surface area contributed by atoms with Gasteiger partial charge in [-0.15, -0.1) is 0 Å². The van der Waals surface area contributed by atoms with Crippen LogP contribution >= 0.6 is 0 Å². The van der Waals surface area contributed by atoms with E-state index in [-0.39, 0.29) is 11.5 Å². The zero-order chi connectivity index (χ0) is 7.65. The number of carbonyl (C=O) groups excluding carboxylic acids is 1. The summed E-state index contributed by atoms with van der Waals surface area (Å²) in [7, 11) is 0. The monoisotopic (exact) mass is 128 g/mol. The molecule has 1 N–H and O–H groups in total. The van der Waals surface area contributed by atoms with Gasteiger partial charge in [0, 0.05) is 5.41 Å². The van der Waals surface area contributed by atoms with Crippen LogP contribution in [0.1, 0.15) is 20.8 Å². The summed E-state index contributed by atoms with van der Waals surface area (Å²) in [6, 6.07) is 0. The molecule has 0 aliphatic rings. The lowest BCUT2D eigenvalue weighted by molar-refractivity contribution is -0.124. The van der Waals surface area contributed by atoms with Crippen LogP contribution in [0, 0.1) is 5.41 Å². The van der Waals surface area contributed by atoms with E-state index in [9.17, 15) is 4.79 Å². The summed E-state index contributed by atoms with van der Waals surface area (Å²) in [5, 5.41) is 8.61. The summed E-state index contributed by atoms with van der Waals surface area (Å²) in [4.78, 5) is 10.8. The highest BCUT2D eigenvalue weighted by atomic mass is 16.3. The summed E-state index contributed by atoms with van der Waals surface area (Å²) in [6.07, 6.45) is 0. The molecule has 0 fully saturated rings. The van der Waals surface area contributed by atoms with Crippen molar-refractivity contribution in [3.05, 3.63) is 12.3 Å². The maximum Gasteiger partial charge on any atom is 0.201 e. The number of hydrogen-bond donors (Lipinski definition) is 1. The van der Waals surface area contributed by atoms with E-state index in [2.05, 4.69) is 6.58 Å². The summed E-state index contributed by atoms with van der Waals surface area (Å²) < 4.78 is 0. The zero-order valence-corrected chi connectivity index (χ0v) is 6.06. The third-order valence-corrected chi connectivity index (χ3v) is 0.943. The molecule has 0 heterocycles. The lowest BCUT2D eigenvalue weighted by Crippen LogP contribution is -2.21. The maximum atomic E-state index is 10.8. The minimum Gasteiger partial charge on any atom is -0.505 e. The van der Waals surface area contributed by atoms with Crippen LogP contribution in [0.3, 0.4) is 0 Å². The van der Waals surface area contributed by atoms with E-state index in [1.54, 1.807) is 20.8 Å². The third-order valence-electron chi connectivity index (χ3n) is 0.943. The molecular formula is C7H12O2. The number of rotatable bonds is 1. The molecular weight excluding hydrogens is 116 g/mol. The number of allylic oxidation sites excluding steroid dienone is 1. The van der Waals surface area contributed by atoms with E-state index in [0.29, 0.717) is 0 Å². The minimum atomic E-state index is -0.508. The fourth-order valence-corrected chi connectivity index (χ4v) is 0.433. The zero-order valence-electron chi connectivity index (χ0n) is 6.06. The van der Waals surface area contributed by atoms with Crippen molar-refractivity contribution in [3.8, 4) is 0 Å². The SMILES string of the molecule is C=C(O)C(=O)C(C)(C)C. The number of aliphatic hydroxyl groups excluding tert-OH is 1. The van der Waals surface area contributed by atoms with Gasteiger partial charge < -0.3 is 5.11 Å². The quantitative estimate of drug-likeness (QED) is 0.431. The molecule has 0 radical (unpaired) electrons. The predicted molar refractivity (Wildman–Crippen MR) is 36.2 cm³/mol. The molecule has 0 bridgehead atoms. The minimum absolute atomic E-state index is 0.303. The Hall–Kier alpha value is -0.790. The fourth-order valence-electron chi connectivity index (χ4n) is 0.433. The molecule has 0 atom stereocenters. The van der Waals surface area contributed by atoms with Crippen LogP contribution in [0.15, 0.2) is 12.3 Å². The highest BCUT2D eigenvalue weighted by molar-refractivity contribution is 5.96. The van der Waals surface area contributed by atoms with Crippen LogP contribution in [0.5, 0.6) is 0 Å². The van der Waals surface area contributed by atoms with E-state index in [4.69, 9.17) is 5.11 Å². The van der Waals surface area contributed by atoms with E-state index < -0.39 is 5.41 Å². The molecule has 0 aliphatic carbocycles. The number of aliphatic hydroxyl groups is 1. The van der Waals surface area contributed by atoms with E-state index >= 15 is 0 Å². The van der Waals surface area contributed by atoms with E-state index in [0.717, 1.165) is 0 Å². The summed E-state index contributed by atoms with van der Waals surface area (Å²) in [5.41, 5.74) is -0.508. The van der Waals surface area contributed by atoms with E-state index in [1.807, 2.05) is 0 Å². The largest absolute Gasteiger partial charge is 0.505 e. The van der Waals surface area contributed by atoms with Gasteiger partial charge in [0.15, 0.2) is 5.76 Å². The van der Waals surface area contributed by atoms with Gasteiger partial charge in [0.1, 0.15) is 0 Å². The molecule has 0 aromatic carbocycles. The Bertz CT molecular complexity index is 139. The van der Waals surface area contributed by atoms with Crippen LogP contribution in [-0.2, 0) is 4.79 Å². The molecule has 0 spiro atoms. The molecule has 0 saturated carbocycles. The van der Waals surface area contributed by atoms with Crippen molar-refractivity contribution >= 4 is 5.78 Å². The second-order valence-electron chi connectivity index (χ2n) is 3.03. The Morgan fingerprint density at radius 2 is 1.78 bits per heavy atom. The Morgan fingerprint density at radius 3 is 1.78 bits per heavy atom. The van der Waals surface area contributed by atoms with Crippen molar-refractivity contribution in [2.24, 2.45) is 5.41 Å². The molecule has 0 aromatic heterocycles. The summed E-state index contributed by atoms with van der Waals surface area (Å²) >= 11 is 0. The second-order valence-corrected chi connectivity index (χ2v) is 3.03. The second kappa shape index (κ2) is 2.21. The summed E-state index contributed by atoms with van der Waals surface area (Å²) in [5.74, 6) is -0.662. The van der Waals surface area contributed by atoms with Crippen molar-refractivity contribution in [2.45, 2.75) is 20.8 Å². The van der Waals surface area contributed by atoms with Gasteiger partial charge in [0.25, 0.3) is 0 Å². The Balaban J connectivity index is 4.23. The molecule has 0 aromatic rings. The van der Waals surface area contributed by atoms with E-state index in [1.165, 1.54) is 0 Å². The van der Waals surface area contributed by atoms with Crippen molar-refractivity contribution in [1.82, 2.24) is 0 Å². The number of carbonyl (C=O) groups is 1. The van der Waals surface area contributed by atoms with Crippen molar-refractivity contribution in [1.29, 1.82) is 0 Å². The van der Waals surface area contributed by atoms with Gasteiger partial charge in [-0.05, 0) is 0 Å². The first kappa shape index (κ1) is 8.21. The molecule has 2 nitrogen and oxygen atoms in total. The average Bonchev–Trinajstić information content (AvgIpc) is 1.62. The first-order valence-corrected chi connectivity index (χ1v) is 2.78. The molecule has 0 saturated heterocycles. The molecule has 0 aliphatic heterocycles. The summed E-state index contributed by atoms with van der Waals surface area (Å²) in [6.45, 7) is 8.33. The molecule has 0 rings (SSSR count). The molecule has 52 valence electrons. The number of ketones is 1. The van der Waals surface area contributed by atoms with Crippen molar-refractivity contribution in [3.63, 3.8) is 0 Å². The standard InChI is InChI=1S/C7H12O2/c1-5(8)6(9)7(2,3)4/h8H,1H2,2-4H3. The normalized spacial score (nSPS) is 11.0. The smallest absolute Gasteiger partial charge is 0.201 e. The first-order chi connectivity index (χ1) is 3.85. The lowest BCUT2D eigenvalue weighted by atomic mass is 9.90. The van der Waals surface area contributed by atoms with Gasteiger partial charge in [0.2, 0.25) is 5.78 Å². The Labute approximate surface area is 55.2 Å². The average molecular weight is 128 g/mol. The van der Waals surface area contributed by atoms with Crippen LogP contribution in [0.2, 0.25) is 0 Å². The van der Waals surface area contributed by atoms with Gasteiger partial charge in [-0.25, -0.2) is 0 Å². The number of hydrogen-bond acceptors (Lipinski definition) is 2. The lowest BCUT2D eigenvalue weighted by Gasteiger charge is -2.14. The first-order valence-electron chi connectivity index (χ1n) is 2.78. The Morgan fingerprint density at radius 1 is 1.44 bits per heavy atom. The fraction of sp³-hybridized carbons (Fsp3) is 0.571. The third kappa shape index (κ3) is 2.31. The van der Waals surface area contributed by atoms with Crippen LogP contribution in [0.4, 0.5) is 0 Å². The molecule has 9 heavy (non-hydrogen) atoms. The van der Waals surface area contributed by atoms with Crippen molar-refractivity contribution < 1.29 is 9.90 Å². The van der Waals surface area contributed by atoms with Gasteiger partial charge in [-0.2, -0.15) is 0 Å². The van der Waals surface area contributed by atoms with Gasteiger partial charge in [-0.3, -0.25) is 4.79 Å². The Kier molecular flexibility index (Phi) is 2.02. The topological polar surface area (TPSA) is 37.3 Å². The van der Waals surface area contributed by atoms with Crippen molar-refractivity contribution in [2.75, 3.05) is 0 Å². The molecule has 0 amide bonds. The van der Waals surface area contributed by atoms with Gasteiger partial charge in [-0.1, -0.05) is 27.4 Å². The maximum absolute atomic E-state index is 10.8. The highest BCUT2D eigenvalue weighted by Gasteiger charge is 2.22. The van der Waals surface area contributed by atoms with Gasteiger partial charge in [0.05, 0.1) is 0 Å². The highest BCUT2D eigenvalue weighted by Crippen LogP contribution is 2.17. The van der Waals surface area contributed by atoms with Crippen LogP contribution < -0.4 is 0 Å².